The highest BCUT2D eigenvalue weighted by atomic mass is 32.1. The number of ether oxygens (including phenoxy) is 2. The van der Waals surface area contributed by atoms with Crippen LogP contribution in [-0.4, -0.2) is 35.3 Å². The van der Waals surface area contributed by atoms with Crippen molar-refractivity contribution in [2.45, 2.75) is 46.1 Å². The van der Waals surface area contributed by atoms with E-state index in [1.54, 1.807) is 12.6 Å². The van der Waals surface area contributed by atoms with Crippen LogP contribution < -0.4 is 15.6 Å². The number of hydrogen-bond acceptors (Lipinski definition) is 6. The van der Waals surface area contributed by atoms with Gasteiger partial charge in [0.25, 0.3) is 5.56 Å². The zero-order valence-electron chi connectivity index (χ0n) is 20.2. The van der Waals surface area contributed by atoms with E-state index in [0.29, 0.717) is 16.8 Å². The molecule has 1 amide bonds. The van der Waals surface area contributed by atoms with E-state index in [2.05, 4.69) is 22.2 Å². The van der Waals surface area contributed by atoms with E-state index in [9.17, 15) is 9.59 Å². The Hall–Kier alpha value is -3.39. The maximum Gasteiger partial charge on any atom is 0.407 e. The standard InChI is InChI=1S/C26H29N3O4S/c1-14-11-18(32-6)19(20-21(14)29-24(30)23-22(20)28-13-34-23)17-9-7-16(8-10-17)15(2)12-27-25(31)33-26(3,4)5/h7-11,13,15H,12H2,1-6H3,(H,27,31)(H,29,30). The third-order valence-corrected chi connectivity index (χ3v) is 6.50. The lowest BCUT2D eigenvalue weighted by Crippen LogP contribution is -2.34. The highest BCUT2D eigenvalue weighted by Crippen LogP contribution is 2.41. The molecule has 4 rings (SSSR count). The summed E-state index contributed by atoms with van der Waals surface area (Å²) in [6.07, 6.45) is -0.423. The van der Waals surface area contributed by atoms with Gasteiger partial charge in [0.05, 0.1) is 23.7 Å². The predicted molar refractivity (Wildman–Crippen MR) is 137 cm³/mol. The lowest BCUT2D eigenvalue weighted by molar-refractivity contribution is 0.0525. The Bertz CT molecular complexity index is 1410. The van der Waals surface area contributed by atoms with Gasteiger partial charge in [-0.15, -0.1) is 11.3 Å². The van der Waals surface area contributed by atoms with Gasteiger partial charge in [-0.25, -0.2) is 9.78 Å². The minimum Gasteiger partial charge on any atom is -0.496 e. The van der Waals surface area contributed by atoms with E-state index in [0.717, 1.165) is 38.9 Å². The van der Waals surface area contributed by atoms with Gasteiger partial charge in [-0.2, -0.15) is 0 Å². The van der Waals surface area contributed by atoms with E-state index in [1.807, 2.05) is 58.0 Å². The zero-order valence-corrected chi connectivity index (χ0v) is 21.1. The van der Waals surface area contributed by atoms with Crippen molar-refractivity contribution in [3.63, 3.8) is 0 Å². The molecule has 2 aromatic heterocycles. The van der Waals surface area contributed by atoms with Crippen molar-refractivity contribution < 1.29 is 14.3 Å². The van der Waals surface area contributed by atoms with Crippen LogP contribution in [-0.2, 0) is 4.74 Å². The summed E-state index contributed by atoms with van der Waals surface area (Å²) in [5, 5.41) is 3.71. The molecule has 0 aliphatic heterocycles. The number of alkyl carbamates (subject to hydrolysis) is 1. The lowest BCUT2D eigenvalue weighted by atomic mass is 9.93. The number of rotatable bonds is 5. The number of thiazole rings is 1. The number of amides is 1. The molecule has 0 fully saturated rings. The molecule has 7 nitrogen and oxygen atoms in total. The van der Waals surface area contributed by atoms with Crippen molar-refractivity contribution in [2.24, 2.45) is 0 Å². The normalized spacial score (nSPS) is 12.6. The highest BCUT2D eigenvalue weighted by molar-refractivity contribution is 7.16. The predicted octanol–water partition coefficient (Wildman–Crippen LogP) is 5.75. The highest BCUT2D eigenvalue weighted by Gasteiger charge is 2.20. The number of methoxy groups -OCH3 is 1. The van der Waals surface area contributed by atoms with Crippen molar-refractivity contribution in [1.82, 2.24) is 15.3 Å². The van der Waals surface area contributed by atoms with Crippen LogP contribution in [0.15, 0.2) is 40.6 Å². The number of carbonyl (C=O) groups is 1. The Labute approximate surface area is 202 Å². The summed E-state index contributed by atoms with van der Waals surface area (Å²) in [6.45, 7) is 9.99. The molecular weight excluding hydrogens is 450 g/mol. The van der Waals surface area contributed by atoms with Gasteiger partial charge in [0.15, 0.2) is 0 Å². The van der Waals surface area contributed by atoms with Gasteiger partial charge >= 0.3 is 6.09 Å². The maximum absolute atomic E-state index is 12.6. The van der Waals surface area contributed by atoms with Gasteiger partial charge in [0.2, 0.25) is 0 Å². The molecule has 1 atom stereocenters. The smallest absolute Gasteiger partial charge is 0.407 e. The molecule has 178 valence electrons. The third-order valence-electron chi connectivity index (χ3n) is 5.68. The van der Waals surface area contributed by atoms with E-state index < -0.39 is 11.7 Å². The first kappa shape index (κ1) is 23.8. The quantitative estimate of drug-likeness (QED) is 0.380. The number of pyridine rings is 1. The Kier molecular flexibility index (Phi) is 6.36. The van der Waals surface area contributed by atoms with Crippen LogP contribution in [0.2, 0.25) is 0 Å². The van der Waals surface area contributed by atoms with Crippen molar-refractivity contribution in [3.05, 3.63) is 57.3 Å². The molecule has 34 heavy (non-hydrogen) atoms. The SMILES string of the molecule is COc1cc(C)c2[nH]c(=O)c3scnc3c2c1-c1ccc(C(C)CNC(=O)OC(C)(C)C)cc1. The van der Waals surface area contributed by atoms with Crippen molar-refractivity contribution in [2.75, 3.05) is 13.7 Å². The summed E-state index contributed by atoms with van der Waals surface area (Å²) in [7, 11) is 1.65. The van der Waals surface area contributed by atoms with Crippen LogP contribution in [0.4, 0.5) is 4.79 Å². The summed E-state index contributed by atoms with van der Waals surface area (Å²) in [6, 6.07) is 10.1. The van der Waals surface area contributed by atoms with Crippen molar-refractivity contribution in [3.8, 4) is 16.9 Å². The second-order valence-corrected chi connectivity index (χ2v) is 10.3. The molecule has 0 aliphatic carbocycles. The van der Waals surface area contributed by atoms with Gasteiger partial charge in [-0.1, -0.05) is 31.2 Å². The fourth-order valence-corrected chi connectivity index (χ4v) is 4.72. The fraction of sp³-hybridized carbons (Fsp3) is 0.346. The molecule has 2 aromatic carbocycles. The summed E-state index contributed by atoms with van der Waals surface area (Å²) in [4.78, 5) is 32.1. The molecule has 0 saturated heterocycles. The molecule has 0 radical (unpaired) electrons. The average molecular weight is 480 g/mol. The molecule has 0 saturated carbocycles. The third kappa shape index (κ3) is 4.63. The minimum absolute atomic E-state index is 0.0971. The van der Waals surface area contributed by atoms with E-state index in [1.165, 1.54) is 11.3 Å². The summed E-state index contributed by atoms with van der Waals surface area (Å²) in [5.41, 5.74) is 6.32. The van der Waals surface area contributed by atoms with Gasteiger partial charge in [-0.05, 0) is 56.4 Å². The number of nitrogens with zero attached hydrogens (tertiary/aromatic N) is 1. The molecular formula is C26H29N3O4S. The van der Waals surface area contributed by atoms with Gasteiger partial charge < -0.3 is 19.8 Å². The zero-order chi connectivity index (χ0) is 24.6. The first-order chi connectivity index (χ1) is 16.1. The van der Waals surface area contributed by atoms with Crippen LogP contribution in [0.3, 0.4) is 0 Å². The Balaban J connectivity index is 1.70. The molecule has 2 heterocycles. The van der Waals surface area contributed by atoms with E-state index in [4.69, 9.17) is 9.47 Å². The molecule has 0 bridgehead atoms. The maximum atomic E-state index is 12.6. The number of aryl methyl sites for hydroxylation is 1. The van der Waals surface area contributed by atoms with Gasteiger partial charge in [0.1, 0.15) is 16.1 Å². The molecule has 4 aromatic rings. The number of hydrogen-bond donors (Lipinski definition) is 2. The van der Waals surface area contributed by atoms with Crippen molar-refractivity contribution in [1.29, 1.82) is 0 Å². The van der Waals surface area contributed by atoms with Crippen LogP contribution >= 0.6 is 11.3 Å². The summed E-state index contributed by atoms with van der Waals surface area (Å²) >= 11 is 1.33. The number of benzene rings is 2. The van der Waals surface area contributed by atoms with E-state index in [-0.39, 0.29) is 11.5 Å². The second-order valence-electron chi connectivity index (χ2n) is 9.41. The topological polar surface area (TPSA) is 93.3 Å². The fourth-order valence-electron chi connectivity index (χ4n) is 4.03. The largest absolute Gasteiger partial charge is 0.496 e. The molecule has 8 heteroatoms. The number of H-pyrrole nitrogens is 1. The molecule has 1 unspecified atom stereocenters. The number of fused-ring (bicyclic) bond motifs is 3. The Morgan fingerprint density at radius 2 is 1.94 bits per heavy atom. The van der Waals surface area contributed by atoms with E-state index >= 15 is 0 Å². The van der Waals surface area contributed by atoms with Gasteiger partial charge in [-0.3, -0.25) is 4.79 Å². The first-order valence-electron chi connectivity index (χ1n) is 11.1. The monoisotopic (exact) mass is 479 g/mol. The summed E-state index contributed by atoms with van der Waals surface area (Å²) in [5.74, 6) is 0.818. The number of nitrogens with one attached hydrogen (secondary N) is 2. The minimum atomic E-state index is -0.530. The number of aromatic amines is 1. The van der Waals surface area contributed by atoms with Crippen LogP contribution in [0.25, 0.3) is 32.2 Å². The van der Waals surface area contributed by atoms with Crippen molar-refractivity contribution >= 4 is 38.5 Å². The Morgan fingerprint density at radius 1 is 1.24 bits per heavy atom. The molecule has 2 N–H and O–H groups in total. The molecule has 0 aliphatic rings. The second kappa shape index (κ2) is 9.10. The molecule has 0 spiro atoms. The van der Waals surface area contributed by atoms with Gasteiger partial charge in [0, 0.05) is 17.5 Å². The van der Waals surface area contributed by atoms with Crippen LogP contribution in [0, 0.1) is 6.92 Å². The van der Waals surface area contributed by atoms with Crippen LogP contribution in [0.1, 0.15) is 44.7 Å². The average Bonchev–Trinajstić information content (AvgIpc) is 3.28. The lowest BCUT2D eigenvalue weighted by Gasteiger charge is -2.21. The Morgan fingerprint density at radius 3 is 2.59 bits per heavy atom. The summed E-state index contributed by atoms with van der Waals surface area (Å²) < 4.78 is 11.7. The van der Waals surface area contributed by atoms with Crippen LogP contribution in [0.5, 0.6) is 5.75 Å². The first-order valence-corrected chi connectivity index (χ1v) is 12.0. The number of aromatic nitrogens is 2. The number of carbonyl (C=O) groups excluding carboxylic acids is 1.